The molecule has 1 aromatic heterocycles. The van der Waals surface area contributed by atoms with Crippen LogP contribution in [0.5, 0.6) is 5.75 Å². The zero-order valence-corrected chi connectivity index (χ0v) is 20.2. The summed E-state index contributed by atoms with van der Waals surface area (Å²) in [4.78, 5) is 18.8. The van der Waals surface area contributed by atoms with Gasteiger partial charge in [0, 0.05) is 11.9 Å². The van der Waals surface area contributed by atoms with Crippen LogP contribution in [0.15, 0.2) is 54.6 Å². The highest BCUT2D eigenvalue weighted by Crippen LogP contribution is 2.28. The third kappa shape index (κ3) is 5.23. The van der Waals surface area contributed by atoms with Crippen molar-refractivity contribution in [2.24, 2.45) is 0 Å². The summed E-state index contributed by atoms with van der Waals surface area (Å²) in [5.74, 6) is 1.64. The quantitative estimate of drug-likeness (QED) is 0.306. The number of hydrogen-bond acceptors (Lipinski definition) is 5. The summed E-state index contributed by atoms with van der Waals surface area (Å²) in [6.45, 7) is 5.97. The molecule has 4 rings (SSSR count). The fourth-order valence-corrected chi connectivity index (χ4v) is 4.73. The van der Waals surface area contributed by atoms with E-state index >= 15 is 0 Å². The van der Waals surface area contributed by atoms with Gasteiger partial charge < -0.3 is 14.4 Å². The number of alkyl halides is 1. The molecule has 0 N–H and O–H groups in total. The lowest BCUT2D eigenvalue weighted by molar-refractivity contribution is -0.142. The van der Waals surface area contributed by atoms with E-state index in [9.17, 15) is 4.79 Å². The zero-order chi connectivity index (χ0) is 22.5. The molecular formula is C26H29BrN2O3. The van der Waals surface area contributed by atoms with Crippen molar-refractivity contribution in [3.05, 3.63) is 65.7 Å². The van der Waals surface area contributed by atoms with Gasteiger partial charge in [-0.3, -0.25) is 4.79 Å². The maximum atomic E-state index is 11.8. The number of rotatable bonds is 8. The van der Waals surface area contributed by atoms with Crippen molar-refractivity contribution in [2.75, 3.05) is 24.7 Å². The maximum Gasteiger partial charge on any atom is 0.320 e. The van der Waals surface area contributed by atoms with Crippen LogP contribution in [0.2, 0.25) is 0 Å². The summed E-state index contributed by atoms with van der Waals surface area (Å²) in [6, 6.07) is 18.7. The van der Waals surface area contributed by atoms with Crippen molar-refractivity contribution in [1.82, 2.24) is 4.98 Å². The lowest BCUT2D eigenvalue weighted by atomic mass is 10.1. The molecule has 3 aromatic rings. The second-order valence-corrected chi connectivity index (χ2v) is 9.29. The largest absolute Gasteiger partial charge is 0.491 e. The van der Waals surface area contributed by atoms with E-state index in [2.05, 4.69) is 52.0 Å². The normalized spacial score (nSPS) is 16.8. The third-order valence-electron chi connectivity index (χ3n) is 5.90. The Kier molecular flexibility index (Phi) is 7.30. The predicted octanol–water partition coefficient (Wildman–Crippen LogP) is 5.46. The van der Waals surface area contributed by atoms with Crippen LogP contribution < -0.4 is 9.64 Å². The molecule has 2 atom stereocenters. The van der Waals surface area contributed by atoms with E-state index in [-0.39, 0.29) is 10.8 Å². The van der Waals surface area contributed by atoms with Gasteiger partial charge in [-0.05, 0) is 68.5 Å². The molecule has 0 spiro atoms. The standard InChI is InChI=1S/C26H29BrN2O3/c1-3-31-26(30)23(27)16-19-10-12-21(13-11-19)32-17-20-7-6-14-29(20)25-15-18(2)22-8-4-5-9-24(22)28-25/h4-5,8-13,15,20,23H,3,6-7,14,16-17H2,1-2H3/t20-,23?/m0/s1. The van der Waals surface area contributed by atoms with E-state index in [1.807, 2.05) is 37.3 Å². The van der Waals surface area contributed by atoms with Gasteiger partial charge in [-0.25, -0.2) is 4.98 Å². The third-order valence-corrected chi connectivity index (χ3v) is 6.60. The number of anilines is 1. The summed E-state index contributed by atoms with van der Waals surface area (Å²) < 4.78 is 11.2. The number of para-hydroxylation sites is 1. The fourth-order valence-electron chi connectivity index (χ4n) is 4.23. The number of halogens is 1. The predicted molar refractivity (Wildman–Crippen MR) is 132 cm³/mol. The first-order chi connectivity index (χ1) is 15.5. The lowest BCUT2D eigenvalue weighted by Gasteiger charge is -2.26. The molecule has 0 radical (unpaired) electrons. The van der Waals surface area contributed by atoms with Crippen molar-refractivity contribution < 1.29 is 14.3 Å². The zero-order valence-electron chi connectivity index (χ0n) is 18.6. The number of aromatic nitrogens is 1. The Morgan fingerprint density at radius 3 is 2.78 bits per heavy atom. The molecule has 2 aromatic carbocycles. The number of ether oxygens (including phenoxy) is 2. The van der Waals surface area contributed by atoms with E-state index in [1.54, 1.807) is 0 Å². The number of carbonyl (C=O) groups is 1. The Balaban J connectivity index is 1.38. The molecule has 0 bridgehead atoms. The van der Waals surface area contributed by atoms with Gasteiger partial charge in [0.1, 0.15) is 23.0 Å². The molecule has 1 unspecified atom stereocenters. The van der Waals surface area contributed by atoms with Gasteiger partial charge >= 0.3 is 5.97 Å². The number of nitrogens with zero attached hydrogens (tertiary/aromatic N) is 2. The molecule has 1 fully saturated rings. The van der Waals surface area contributed by atoms with E-state index in [1.165, 1.54) is 10.9 Å². The minimum atomic E-state index is -0.334. The Labute approximate surface area is 197 Å². The van der Waals surface area contributed by atoms with Crippen LogP contribution in [0.4, 0.5) is 5.82 Å². The molecule has 2 heterocycles. The first-order valence-electron chi connectivity index (χ1n) is 11.2. The molecule has 5 nitrogen and oxygen atoms in total. The summed E-state index contributed by atoms with van der Waals surface area (Å²) in [7, 11) is 0. The molecule has 168 valence electrons. The van der Waals surface area contributed by atoms with Crippen molar-refractivity contribution in [2.45, 2.75) is 44.0 Å². The second kappa shape index (κ2) is 10.3. The molecule has 0 aliphatic carbocycles. The molecule has 0 saturated carbocycles. The maximum absolute atomic E-state index is 11.8. The average molecular weight is 497 g/mol. The second-order valence-electron chi connectivity index (χ2n) is 8.18. The van der Waals surface area contributed by atoms with Crippen molar-refractivity contribution >= 4 is 38.6 Å². The van der Waals surface area contributed by atoms with Crippen LogP contribution in [0.25, 0.3) is 10.9 Å². The molecule has 1 saturated heterocycles. The highest BCUT2D eigenvalue weighted by atomic mass is 79.9. The molecular weight excluding hydrogens is 468 g/mol. The van der Waals surface area contributed by atoms with E-state index in [0.717, 1.165) is 42.0 Å². The Bertz CT molecular complexity index is 1070. The molecule has 0 amide bonds. The summed E-state index contributed by atoms with van der Waals surface area (Å²) in [5.41, 5.74) is 3.35. The summed E-state index contributed by atoms with van der Waals surface area (Å²) >= 11 is 3.41. The summed E-state index contributed by atoms with van der Waals surface area (Å²) in [6.07, 6.45) is 2.82. The van der Waals surface area contributed by atoms with Gasteiger partial charge in [0.2, 0.25) is 0 Å². The van der Waals surface area contributed by atoms with Gasteiger partial charge in [-0.2, -0.15) is 0 Å². The van der Waals surface area contributed by atoms with Crippen LogP contribution in [0.1, 0.15) is 30.9 Å². The van der Waals surface area contributed by atoms with Crippen LogP contribution in [0.3, 0.4) is 0 Å². The van der Waals surface area contributed by atoms with Gasteiger partial charge in [-0.1, -0.05) is 46.3 Å². The van der Waals surface area contributed by atoms with Gasteiger partial charge in [0.05, 0.1) is 18.2 Å². The SMILES string of the molecule is CCOC(=O)C(Br)Cc1ccc(OC[C@@H]2CCCN2c2cc(C)c3ccccc3n2)cc1. The summed E-state index contributed by atoms with van der Waals surface area (Å²) in [5, 5.41) is 1.21. The topological polar surface area (TPSA) is 51.7 Å². The molecule has 1 aliphatic rings. The number of esters is 1. The Hall–Kier alpha value is -2.60. The highest BCUT2D eigenvalue weighted by molar-refractivity contribution is 9.10. The van der Waals surface area contributed by atoms with Crippen LogP contribution >= 0.6 is 15.9 Å². The average Bonchev–Trinajstić information content (AvgIpc) is 3.27. The number of aryl methyl sites for hydroxylation is 1. The molecule has 1 aliphatic heterocycles. The van der Waals surface area contributed by atoms with Crippen molar-refractivity contribution in [1.29, 1.82) is 0 Å². The Morgan fingerprint density at radius 2 is 2.00 bits per heavy atom. The number of benzene rings is 2. The monoisotopic (exact) mass is 496 g/mol. The lowest BCUT2D eigenvalue weighted by Crippen LogP contribution is -2.34. The minimum Gasteiger partial charge on any atom is -0.491 e. The number of carbonyl (C=O) groups excluding carboxylic acids is 1. The van der Waals surface area contributed by atoms with Crippen LogP contribution in [-0.2, 0) is 16.0 Å². The minimum absolute atomic E-state index is 0.230. The van der Waals surface area contributed by atoms with Crippen molar-refractivity contribution in [3.8, 4) is 5.75 Å². The van der Waals surface area contributed by atoms with E-state index in [0.29, 0.717) is 25.7 Å². The van der Waals surface area contributed by atoms with Crippen LogP contribution in [0, 0.1) is 6.92 Å². The van der Waals surface area contributed by atoms with E-state index in [4.69, 9.17) is 14.5 Å². The number of pyridine rings is 1. The van der Waals surface area contributed by atoms with Gasteiger partial charge in [-0.15, -0.1) is 0 Å². The molecule has 32 heavy (non-hydrogen) atoms. The molecule has 6 heteroatoms. The highest BCUT2D eigenvalue weighted by Gasteiger charge is 2.27. The Morgan fingerprint density at radius 1 is 1.22 bits per heavy atom. The first kappa shape index (κ1) is 22.6. The fraction of sp³-hybridized carbons (Fsp3) is 0.385. The number of fused-ring (bicyclic) bond motifs is 1. The number of hydrogen-bond donors (Lipinski definition) is 0. The van der Waals surface area contributed by atoms with Crippen LogP contribution in [-0.4, -0.2) is 41.6 Å². The first-order valence-corrected chi connectivity index (χ1v) is 12.1. The van der Waals surface area contributed by atoms with Gasteiger partial charge in [0.25, 0.3) is 0 Å². The van der Waals surface area contributed by atoms with Gasteiger partial charge in [0.15, 0.2) is 0 Å². The smallest absolute Gasteiger partial charge is 0.320 e. The van der Waals surface area contributed by atoms with E-state index < -0.39 is 0 Å². The van der Waals surface area contributed by atoms with Crippen molar-refractivity contribution in [3.63, 3.8) is 0 Å².